The third kappa shape index (κ3) is 12.6. The van der Waals surface area contributed by atoms with Gasteiger partial charge in [0, 0.05) is 63.3 Å². The van der Waals surface area contributed by atoms with Crippen LogP contribution in [-0.4, -0.2) is 137 Å². The van der Waals surface area contributed by atoms with Crippen LogP contribution in [-0.2, 0) is 59.0 Å². The highest BCUT2D eigenvalue weighted by atomic mass is 35.5. The number of benzene rings is 1. The van der Waals surface area contributed by atoms with Gasteiger partial charge >= 0.3 is 18.0 Å². The van der Waals surface area contributed by atoms with E-state index in [2.05, 4.69) is 5.32 Å². The van der Waals surface area contributed by atoms with Gasteiger partial charge in [-0.2, -0.15) is 0 Å². The maximum absolute atomic E-state index is 14.3. The minimum atomic E-state index is -1.87. The molecule has 0 aliphatic carbocycles. The van der Waals surface area contributed by atoms with Crippen molar-refractivity contribution in [3.05, 3.63) is 46.5 Å². The number of aliphatic hydroxyl groups is 1. The summed E-state index contributed by atoms with van der Waals surface area (Å²) < 4.78 is 29.0. The van der Waals surface area contributed by atoms with Gasteiger partial charge < -0.3 is 43.4 Å². The van der Waals surface area contributed by atoms with Crippen molar-refractivity contribution in [3.8, 4) is 5.75 Å². The summed E-state index contributed by atoms with van der Waals surface area (Å²) in [4.78, 5) is 98.1. The molecule has 364 valence electrons. The second-order valence-electron chi connectivity index (χ2n) is 17.9. The molecule has 4 heterocycles. The number of fused-ring (bicyclic) bond motifs is 5. The number of carbonyl (C=O) groups is 7. The standard InChI is InChI=1S/C45H61ClN4O14S2/c1-25-12-11-13-32(60-10)45(58)24-31(61-42(57)47-45)26(2)40-44(6,63-40)33(23-37(54)49(8)29-21-28(20-25)22-30(59-9)39(29)46)62-41(56)27(3)48(7)34(51)16-18-43(4,5)66-65-19-17-38(55)64-50-35(52)14-15-36(50)53/h11-13,21-22,26-27,31-33,40,58H,14-20,23-24H2,1-10H3,(H,47,57)/t26-,27+,31?,32-,33+,40+,44+,45+/m1/s1. The Bertz CT molecular complexity index is 2110. The Hall–Kier alpha value is -4.34. The van der Waals surface area contributed by atoms with Crippen LogP contribution in [0.25, 0.3) is 0 Å². The lowest BCUT2D eigenvalue weighted by molar-refractivity contribution is -0.197. The zero-order valence-electron chi connectivity index (χ0n) is 39.0. The van der Waals surface area contributed by atoms with Gasteiger partial charge in [-0.15, -0.1) is 5.06 Å². The fraction of sp³-hybridized carbons (Fsp3) is 0.622. The van der Waals surface area contributed by atoms with Crippen LogP contribution in [0.3, 0.4) is 0 Å². The molecule has 21 heteroatoms. The van der Waals surface area contributed by atoms with Gasteiger partial charge in [-0.05, 0) is 65.2 Å². The topological polar surface area (TPSA) is 220 Å². The van der Waals surface area contributed by atoms with Gasteiger partial charge in [-0.1, -0.05) is 63.9 Å². The molecule has 5 rings (SSSR count). The van der Waals surface area contributed by atoms with E-state index in [9.17, 15) is 38.7 Å². The number of halogens is 1. The zero-order chi connectivity index (χ0) is 48.9. The molecular weight excluding hydrogens is 920 g/mol. The van der Waals surface area contributed by atoms with E-state index in [0.717, 1.165) is 11.1 Å². The largest absolute Gasteiger partial charge is 0.495 e. The number of ether oxygens (including phenoxy) is 5. The van der Waals surface area contributed by atoms with E-state index in [0.29, 0.717) is 35.1 Å². The molecule has 5 amide bonds. The molecule has 3 fully saturated rings. The first-order valence-electron chi connectivity index (χ1n) is 21.7. The number of likely N-dealkylation sites (N-methyl/N-ethyl adjacent to an activating group) is 1. The van der Waals surface area contributed by atoms with E-state index >= 15 is 0 Å². The van der Waals surface area contributed by atoms with Gasteiger partial charge in [-0.3, -0.25) is 24.5 Å². The summed E-state index contributed by atoms with van der Waals surface area (Å²) in [5.74, 6) is -3.29. The van der Waals surface area contributed by atoms with Crippen molar-refractivity contribution in [1.82, 2.24) is 15.3 Å². The van der Waals surface area contributed by atoms with E-state index in [1.807, 2.05) is 26.8 Å². The summed E-state index contributed by atoms with van der Waals surface area (Å²) in [6, 6.07) is 2.46. The number of esters is 1. The number of nitrogens with one attached hydrogen (secondary N) is 1. The lowest BCUT2D eigenvalue weighted by Crippen LogP contribution is -2.63. The number of hydrogen-bond acceptors (Lipinski definition) is 16. The van der Waals surface area contributed by atoms with Crippen LogP contribution in [0.4, 0.5) is 10.5 Å². The van der Waals surface area contributed by atoms with E-state index in [1.165, 1.54) is 59.6 Å². The quantitative estimate of drug-likeness (QED) is 0.0778. The SMILES string of the molecule is COc1cc2cc(c1Cl)N(C)C(=O)C[C@H](OC(=O)[C@H](C)N(C)C(=O)CCC(C)(C)SSCCC(=O)ON1C(=O)CCC1=O)[C@]1(C)O[C@H]1[C@H](C)C1C[C@@](O)(NC(=O)O1)[C@H](OC)C=CC=C(C)C2. The van der Waals surface area contributed by atoms with E-state index in [4.69, 9.17) is 40.1 Å². The summed E-state index contributed by atoms with van der Waals surface area (Å²) in [5, 5.41) is 15.0. The number of amides is 5. The first kappa shape index (κ1) is 52.6. The lowest BCUT2D eigenvalue weighted by Gasteiger charge is -2.42. The highest BCUT2D eigenvalue weighted by molar-refractivity contribution is 8.77. The number of methoxy groups -OCH3 is 2. The Balaban J connectivity index is 1.31. The number of rotatable bonds is 14. The molecular formula is C45H61ClN4O14S2. The molecule has 0 radical (unpaired) electrons. The van der Waals surface area contributed by atoms with Crippen LogP contribution in [0.1, 0.15) is 92.1 Å². The normalized spacial score (nSPS) is 27.6. The number of epoxide rings is 1. The highest BCUT2D eigenvalue weighted by Crippen LogP contribution is 2.49. The molecule has 66 heavy (non-hydrogen) atoms. The van der Waals surface area contributed by atoms with Gasteiger partial charge in [0.05, 0.1) is 31.7 Å². The van der Waals surface area contributed by atoms with Crippen molar-refractivity contribution in [2.75, 3.05) is 39.0 Å². The predicted molar refractivity (Wildman–Crippen MR) is 246 cm³/mol. The van der Waals surface area contributed by atoms with Crippen LogP contribution in [0.2, 0.25) is 5.02 Å². The van der Waals surface area contributed by atoms with Gasteiger partial charge in [0.2, 0.25) is 11.8 Å². The molecule has 4 aliphatic rings. The molecule has 8 atom stereocenters. The molecule has 2 N–H and O–H groups in total. The molecule has 0 aromatic heterocycles. The molecule has 3 saturated heterocycles. The molecule has 0 saturated carbocycles. The van der Waals surface area contributed by atoms with Gasteiger partial charge in [0.1, 0.15) is 40.7 Å². The molecule has 4 aliphatic heterocycles. The Kier molecular flexibility index (Phi) is 17.3. The van der Waals surface area contributed by atoms with Gasteiger partial charge in [0.15, 0.2) is 5.72 Å². The number of hydrogen-bond donors (Lipinski definition) is 2. The second-order valence-corrected chi connectivity index (χ2v) is 21.4. The maximum Gasteiger partial charge on any atom is 0.409 e. The van der Waals surface area contributed by atoms with Gasteiger partial charge in [0.25, 0.3) is 11.8 Å². The zero-order valence-corrected chi connectivity index (χ0v) is 41.4. The Morgan fingerprint density at radius 1 is 1.11 bits per heavy atom. The van der Waals surface area contributed by atoms with Crippen molar-refractivity contribution < 1.29 is 67.2 Å². The lowest BCUT2D eigenvalue weighted by atomic mass is 9.83. The van der Waals surface area contributed by atoms with Crippen LogP contribution >= 0.6 is 33.2 Å². The number of nitrogens with zero attached hydrogens (tertiary/aromatic N) is 3. The molecule has 0 spiro atoms. The number of imide groups is 1. The van der Waals surface area contributed by atoms with Crippen LogP contribution < -0.4 is 15.0 Å². The van der Waals surface area contributed by atoms with Crippen LogP contribution in [0.15, 0.2) is 35.9 Å². The van der Waals surface area contributed by atoms with Gasteiger partial charge in [-0.25, -0.2) is 14.4 Å². The summed E-state index contributed by atoms with van der Waals surface area (Å²) in [5.41, 5.74) is -1.11. The average molecular weight is 982 g/mol. The van der Waals surface area contributed by atoms with Crippen LogP contribution in [0, 0.1) is 5.92 Å². The van der Waals surface area contributed by atoms with Crippen molar-refractivity contribution in [2.24, 2.45) is 5.92 Å². The predicted octanol–water partition coefficient (Wildman–Crippen LogP) is 5.45. The van der Waals surface area contributed by atoms with Crippen molar-refractivity contribution in [1.29, 1.82) is 0 Å². The smallest absolute Gasteiger partial charge is 0.409 e. The maximum atomic E-state index is 14.3. The first-order valence-corrected chi connectivity index (χ1v) is 24.3. The Labute approximate surface area is 398 Å². The summed E-state index contributed by atoms with van der Waals surface area (Å²) in [6.45, 7) is 10.8. The summed E-state index contributed by atoms with van der Waals surface area (Å²) >= 11 is 6.80. The minimum absolute atomic E-state index is 0.00912. The molecule has 1 unspecified atom stereocenters. The fourth-order valence-electron chi connectivity index (χ4n) is 7.98. The number of carbonyl (C=O) groups excluding carboxylic acids is 7. The van der Waals surface area contributed by atoms with E-state index in [1.54, 1.807) is 45.2 Å². The number of alkyl carbamates (subject to hydrolysis) is 1. The average Bonchev–Trinajstić information content (AvgIpc) is 3.87. The highest BCUT2D eigenvalue weighted by Gasteiger charge is 2.64. The van der Waals surface area contributed by atoms with Crippen molar-refractivity contribution in [2.45, 2.75) is 139 Å². The van der Waals surface area contributed by atoms with E-state index in [-0.39, 0.29) is 49.5 Å². The molecule has 1 aromatic rings. The van der Waals surface area contributed by atoms with Crippen LogP contribution in [0.5, 0.6) is 5.75 Å². The Morgan fingerprint density at radius 2 is 1.79 bits per heavy atom. The number of hydroxylamine groups is 2. The van der Waals surface area contributed by atoms with E-state index < -0.39 is 88.2 Å². The molecule has 1 aromatic carbocycles. The summed E-state index contributed by atoms with van der Waals surface area (Å²) in [7, 11) is 8.78. The monoisotopic (exact) mass is 980 g/mol. The number of allylic oxidation sites excluding steroid dienone is 3. The second kappa shape index (κ2) is 21.7. The first-order chi connectivity index (χ1) is 30.9. The van der Waals surface area contributed by atoms with Crippen molar-refractivity contribution in [3.63, 3.8) is 0 Å². The summed E-state index contributed by atoms with van der Waals surface area (Å²) in [6.07, 6.45) is 0.994. The fourth-order valence-corrected chi connectivity index (χ4v) is 10.8. The third-order valence-corrected chi connectivity index (χ3v) is 16.1. The third-order valence-electron chi connectivity index (χ3n) is 12.3. The molecule has 4 bridgehead atoms. The molecule has 18 nitrogen and oxygen atoms in total. The van der Waals surface area contributed by atoms with Crippen molar-refractivity contribution >= 4 is 80.5 Å². The Morgan fingerprint density at radius 3 is 2.44 bits per heavy atom. The number of anilines is 1. The minimum Gasteiger partial charge on any atom is -0.495 e.